The van der Waals surface area contributed by atoms with E-state index in [-0.39, 0.29) is 6.10 Å². The number of nitrogens with two attached hydrogens (primary N) is 1. The molecule has 0 aromatic heterocycles. The number of amidine groups is 1. The highest BCUT2D eigenvalue weighted by molar-refractivity contribution is 5.85. The van der Waals surface area contributed by atoms with Crippen LogP contribution in [0.15, 0.2) is 4.99 Å². The summed E-state index contributed by atoms with van der Waals surface area (Å²) in [5.41, 5.74) is 6.05. The molecule has 0 aromatic carbocycles. The smallest absolute Gasteiger partial charge is 0.124 e. The third-order valence-corrected chi connectivity index (χ3v) is 3.31. The van der Waals surface area contributed by atoms with Crippen LogP contribution in [0.5, 0.6) is 0 Å². The highest BCUT2D eigenvalue weighted by atomic mass is 16.5. The van der Waals surface area contributed by atoms with Gasteiger partial charge < -0.3 is 15.2 Å². The average Bonchev–Trinajstić information content (AvgIpc) is 2.37. The number of hydrogen-bond acceptors (Lipinski definition) is 3. The molecule has 1 rings (SSSR count). The van der Waals surface area contributed by atoms with Crippen molar-refractivity contribution in [1.82, 2.24) is 0 Å². The lowest BCUT2D eigenvalue weighted by molar-refractivity contribution is 0.0519. The van der Waals surface area contributed by atoms with Gasteiger partial charge in [0.2, 0.25) is 0 Å². The fraction of sp³-hybridized carbons (Fsp3) is 0.923. The summed E-state index contributed by atoms with van der Waals surface area (Å²) in [4.78, 5) is 4.35. The maximum absolute atomic E-state index is 6.05. The summed E-state index contributed by atoms with van der Waals surface area (Å²) in [5, 5.41) is 0. The SMILES string of the molecule is CCOC(C(N)=NCCOC)C1CCCCC1. The number of aliphatic imine (C=N–C) groups is 1. The van der Waals surface area contributed by atoms with Gasteiger partial charge in [-0.25, -0.2) is 0 Å². The molecular weight excluding hydrogens is 216 g/mol. The molecule has 4 heteroatoms. The minimum Gasteiger partial charge on any atom is -0.385 e. The standard InChI is InChI=1S/C13H26N2O2/c1-3-17-12(11-7-5-4-6-8-11)13(14)15-9-10-16-2/h11-12H,3-10H2,1-2H3,(H2,14,15). The Morgan fingerprint density at radius 1 is 1.35 bits per heavy atom. The third kappa shape index (κ3) is 5.04. The summed E-state index contributed by atoms with van der Waals surface area (Å²) in [6.45, 7) is 3.95. The average molecular weight is 242 g/mol. The first-order valence-corrected chi connectivity index (χ1v) is 6.70. The van der Waals surface area contributed by atoms with Crippen molar-refractivity contribution in [2.24, 2.45) is 16.6 Å². The van der Waals surface area contributed by atoms with Crippen LogP contribution in [0.3, 0.4) is 0 Å². The molecular formula is C13H26N2O2. The normalized spacial score (nSPS) is 20.5. The van der Waals surface area contributed by atoms with Crippen molar-refractivity contribution in [3.63, 3.8) is 0 Å². The predicted octanol–water partition coefficient (Wildman–Crippen LogP) is 1.98. The Morgan fingerprint density at radius 2 is 2.06 bits per heavy atom. The quantitative estimate of drug-likeness (QED) is 0.422. The molecule has 0 amide bonds. The molecule has 1 aliphatic carbocycles. The van der Waals surface area contributed by atoms with E-state index in [9.17, 15) is 0 Å². The minimum absolute atomic E-state index is 0.0113. The second-order valence-corrected chi connectivity index (χ2v) is 4.57. The fourth-order valence-electron chi connectivity index (χ4n) is 2.44. The van der Waals surface area contributed by atoms with Gasteiger partial charge in [0.1, 0.15) is 11.9 Å². The molecule has 1 fully saturated rings. The van der Waals surface area contributed by atoms with Gasteiger partial charge in [-0.3, -0.25) is 4.99 Å². The summed E-state index contributed by atoms with van der Waals surface area (Å²) in [5.74, 6) is 1.20. The predicted molar refractivity (Wildman–Crippen MR) is 70.4 cm³/mol. The fourth-order valence-corrected chi connectivity index (χ4v) is 2.44. The Kier molecular flexibility index (Phi) is 7.21. The van der Waals surface area contributed by atoms with E-state index in [0.717, 1.165) is 0 Å². The van der Waals surface area contributed by atoms with Gasteiger partial charge in [0.15, 0.2) is 0 Å². The molecule has 0 heterocycles. The van der Waals surface area contributed by atoms with Crippen molar-refractivity contribution in [3.05, 3.63) is 0 Å². The lowest BCUT2D eigenvalue weighted by Crippen LogP contribution is -2.39. The van der Waals surface area contributed by atoms with Gasteiger partial charge >= 0.3 is 0 Å². The van der Waals surface area contributed by atoms with E-state index < -0.39 is 0 Å². The maximum Gasteiger partial charge on any atom is 0.124 e. The van der Waals surface area contributed by atoms with Gasteiger partial charge in [0.05, 0.1) is 13.2 Å². The first-order valence-electron chi connectivity index (χ1n) is 6.70. The summed E-state index contributed by atoms with van der Waals surface area (Å²) in [7, 11) is 1.67. The molecule has 1 atom stereocenters. The Labute approximate surface area is 105 Å². The Hall–Kier alpha value is -0.610. The molecule has 17 heavy (non-hydrogen) atoms. The van der Waals surface area contributed by atoms with Crippen LogP contribution in [-0.4, -0.2) is 38.8 Å². The van der Waals surface area contributed by atoms with Gasteiger partial charge in [-0.2, -0.15) is 0 Å². The number of nitrogens with zero attached hydrogens (tertiary/aromatic N) is 1. The summed E-state index contributed by atoms with van der Waals surface area (Å²) >= 11 is 0. The molecule has 4 nitrogen and oxygen atoms in total. The van der Waals surface area contributed by atoms with Crippen LogP contribution in [0.25, 0.3) is 0 Å². The zero-order chi connectivity index (χ0) is 12.5. The number of methoxy groups -OCH3 is 1. The zero-order valence-corrected chi connectivity index (χ0v) is 11.2. The van der Waals surface area contributed by atoms with Crippen molar-refractivity contribution < 1.29 is 9.47 Å². The van der Waals surface area contributed by atoms with Crippen molar-refractivity contribution in [3.8, 4) is 0 Å². The molecule has 0 aromatic rings. The molecule has 2 N–H and O–H groups in total. The van der Waals surface area contributed by atoms with Crippen LogP contribution in [-0.2, 0) is 9.47 Å². The number of ether oxygens (including phenoxy) is 2. The van der Waals surface area contributed by atoms with E-state index in [0.29, 0.717) is 31.5 Å². The monoisotopic (exact) mass is 242 g/mol. The van der Waals surface area contributed by atoms with Gasteiger partial charge in [-0.15, -0.1) is 0 Å². The molecule has 0 saturated heterocycles. The lowest BCUT2D eigenvalue weighted by atomic mass is 9.85. The molecule has 0 bridgehead atoms. The summed E-state index contributed by atoms with van der Waals surface area (Å²) < 4.78 is 10.8. The number of rotatable bonds is 7. The second kappa shape index (κ2) is 8.48. The van der Waals surface area contributed by atoms with Crippen LogP contribution in [0.1, 0.15) is 39.0 Å². The van der Waals surface area contributed by atoms with Crippen LogP contribution in [0.2, 0.25) is 0 Å². The van der Waals surface area contributed by atoms with Crippen molar-refractivity contribution in [2.45, 2.75) is 45.1 Å². The van der Waals surface area contributed by atoms with Gasteiger partial charge in [-0.05, 0) is 25.7 Å². The van der Waals surface area contributed by atoms with Crippen LogP contribution >= 0.6 is 0 Å². The van der Waals surface area contributed by atoms with E-state index >= 15 is 0 Å². The Morgan fingerprint density at radius 3 is 2.65 bits per heavy atom. The Bertz CT molecular complexity index is 225. The molecule has 100 valence electrons. The summed E-state index contributed by atoms with van der Waals surface area (Å²) in [6, 6.07) is 0. The van der Waals surface area contributed by atoms with Crippen LogP contribution in [0.4, 0.5) is 0 Å². The van der Waals surface area contributed by atoms with E-state index in [1.807, 2.05) is 6.92 Å². The van der Waals surface area contributed by atoms with E-state index in [4.69, 9.17) is 15.2 Å². The summed E-state index contributed by atoms with van der Waals surface area (Å²) in [6.07, 6.45) is 6.36. The van der Waals surface area contributed by atoms with E-state index in [1.165, 1.54) is 32.1 Å². The topological polar surface area (TPSA) is 56.8 Å². The lowest BCUT2D eigenvalue weighted by Gasteiger charge is -2.29. The largest absolute Gasteiger partial charge is 0.385 e. The molecule has 0 aliphatic heterocycles. The molecule has 0 radical (unpaired) electrons. The van der Waals surface area contributed by atoms with E-state index in [1.54, 1.807) is 7.11 Å². The second-order valence-electron chi connectivity index (χ2n) is 4.57. The molecule has 1 unspecified atom stereocenters. The third-order valence-electron chi connectivity index (χ3n) is 3.31. The molecule has 1 aliphatic rings. The highest BCUT2D eigenvalue weighted by Crippen LogP contribution is 2.28. The number of hydrogen-bond donors (Lipinski definition) is 1. The van der Waals surface area contributed by atoms with Crippen molar-refractivity contribution in [1.29, 1.82) is 0 Å². The van der Waals surface area contributed by atoms with Gasteiger partial charge in [0, 0.05) is 13.7 Å². The van der Waals surface area contributed by atoms with Crippen molar-refractivity contribution >= 4 is 5.84 Å². The van der Waals surface area contributed by atoms with Crippen LogP contribution < -0.4 is 5.73 Å². The van der Waals surface area contributed by atoms with Gasteiger partial charge in [-0.1, -0.05) is 19.3 Å². The molecule has 0 spiro atoms. The maximum atomic E-state index is 6.05. The highest BCUT2D eigenvalue weighted by Gasteiger charge is 2.26. The first kappa shape index (κ1) is 14.5. The van der Waals surface area contributed by atoms with Crippen molar-refractivity contribution in [2.75, 3.05) is 26.9 Å². The van der Waals surface area contributed by atoms with Crippen LogP contribution in [0, 0.1) is 5.92 Å². The minimum atomic E-state index is 0.0113. The Balaban J connectivity index is 2.52. The van der Waals surface area contributed by atoms with E-state index in [2.05, 4.69) is 4.99 Å². The first-order chi connectivity index (χ1) is 8.29. The zero-order valence-electron chi connectivity index (χ0n) is 11.2. The van der Waals surface area contributed by atoms with Gasteiger partial charge in [0.25, 0.3) is 0 Å². The molecule has 1 saturated carbocycles.